The molecule has 0 spiro atoms. The molecule has 1 unspecified atom stereocenters. The lowest BCUT2D eigenvalue weighted by molar-refractivity contribution is -0.124. The predicted molar refractivity (Wildman–Crippen MR) is 69.9 cm³/mol. The van der Waals surface area contributed by atoms with Gasteiger partial charge < -0.3 is 5.32 Å². The molecule has 0 aromatic heterocycles. The fraction of sp³-hybridized carbons (Fsp3) is 0.533. The molecule has 2 nitrogen and oxygen atoms in total. The number of halogens is 2. The number of Topliss-reactive ketones (excluding diaryl/α,β-unsaturated/α-hetero) is 1. The Morgan fingerprint density at radius 2 is 2.21 bits per heavy atom. The van der Waals surface area contributed by atoms with Crippen LogP contribution in [0.3, 0.4) is 0 Å². The summed E-state index contributed by atoms with van der Waals surface area (Å²) in [4.78, 5) is 12.4. The third-order valence-electron chi connectivity index (χ3n) is 3.81. The maximum absolute atomic E-state index is 13.6. The van der Waals surface area contributed by atoms with Crippen molar-refractivity contribution in [2.24, 2.45) is 0 Å². The molecule has 0 radical (unpaired) electrons. The van der Waals surface area contributed by atoms with Gasteiger partial charge in [0, 0.05) is 6.42 Å². The minimum atomic E-state index is -0.534. The molecule has 104 valence electrons. The first-order valence-electron chi connectivity index (χ1n) is 6.79. The molecule has 0 amide bonds. The normalized spacial score (nSPS) is 22.7. The standard InChI is InChI=1S/C15H19F2NO/c1-2-6-15(7-3-8-18-15)14(19)10-11-9-12(16)4-5-13(11)17/h4-5,9,18H,2-3,6-8,10H2,1H3. The Morgan fingerprint density at radius 3 is 2.84 bits per heavy atom. The van der Waals surface area contributed by atoms with Gasteiger partial charge in [0.05, 0.1) is 5.54 Å². The maximum atomic E-state index is 13.6. The molecule has 0 aliphatic carbocycles. The fourth-order valence-electron chi connectivity index (χ4n) is 2.84. The average molecular weight is 267 g/mol. The second-order valence-electron chi connectivity index (χ2n) is 5.20. The van der Waals surface area contributed by atoms with E-state index in [1.807, 2.05) is 6.92 Å². The van der Waals surface area contributed by atoms with E-state index < -0.39 is 17.2 Å². The molecule has 19 heavy (non-hydrogen) atoms. The van der Waals surface area contributed by atoms with Crippen molar-refractivity contribution >= 4 is 5.78 Å². The summed E-state index contributed by atoms with van der Waals surface area (Å²) in [5, 5.41) is 3.26. The Kier molecular flexibility index (Phi) is 4.30. The number of ketones is 1. The lowest BCUT2D eigenvalue weighted by Crippen LogP contribution is -2.48. The van der Waals surface area contributed by atoms with Crippen molar-refractivity contribution in [1.82, 2.24) is 5.32 Å². The number of carbonyl (C=O) groups excluding carboxylic acids is 1. The zero-order valence-corrected chi connectivity index (χ0v) is 11.1. The number of benzene rings is 1. The topological polar surface area (TPSA) is 29.1 Å². The molecule has 1 aliphatic rings. The quantitative estimate of drug-likeness (QED) is 0.888. The van der Waals surface area contributed by atoms with E-state index >= 15 is 0 Å². The average Bonchev–Trinajstić information content (AvgIpc) is 2.84. The highest BCUT2D eigenvalue weighted by Crippen LogP contribution is 2.27. The summed E-state index contributed by atoms with van der Waals surface area (Å²) in [5.41, 5.74) is -0.387. The third kappa shape index (κ3) is 3.00. The summed E-state index contributed by atoms with van der Waals surface area (Å²) in [6.45, 7) is 2.84. The van der Waals surface area contributed by atoms with E-state index in [-0.39, 0.29) is 17.8 Å². The first-order chi connectivity index (χ1) is 9.07. The van der Waals surface area contributed by atoms with Crippen LogP contribution in [0.2, 0.25) is 0 Å². The number of carbonyl (C=O) groups is 1. The number of hydrogen-bond acceptors (Lipinski definition) is 2. The summed E-state index contributed by atoms with van der Waals surface area (Å²) in [6.07, 6.45) is 3.34. The van der Waals surface area contributed by atoms with Gasteiger partial charge in [-0.15, -0.1) is 0 Å². The van der Waals surface area contributed by atoms with Gasteiger partial charge in [-0.25, -0.2) is 8.78 Å². The van der Waals surface area contributed by atoms with Crippen molar-refractivity contribution in [2.45, 2.75) is 44.6 Å². The summed E-state index contributed by atoms with van der Waals surface area (Å²) in [6, 6.07) is 3.26. The van der Waals surface area contributed by atoms with Crippen LogP contribution < -0.4 is 5.32 Å². The van der Waals surface area contributed by atoms with Crippen LogP contribution >= 0.6 is 0 Å². The van der Waals surface area contributed by atoms with Crippen LogP contribution in [0.4, 0.5) is 8.78 Å². The summed E-state index contributed by atoms with van der Waals surface area (Å²) in [7, 11) is 0. The van der Waals surface area contributed by atoms with Gasteiger partial charge in [0.2, 0.25) is 0 Å². The van der Waals surface area contributed by atoms with Crippen LogP contribution in [0.15, 0.2) is 18.2 Å². The van der Waals surface area contributed by atoms with Gasteiger partial charge in [-0.1, -0.05) is 13.3 Å². The molecular formula is C15H19F2NO. The van der Waals surface area contributed by atoms with Crippen LogP contribution in [-0.2, 0) is 11.2 Å². The fourth-order valence-corrected chi connectivity index (χ4v) is 2.84. The lowest BCUT2D eigenvalue weighted by Gasteiger charge is -2.27. The monoisotopic (exact) mass is 267 g/mol. The van der Waals surface area contributed by atoms with E-state index in [1.54, 1.807) is 0 Å². The zero-order chi connectivity index (χ0) is 13.9. The Hall–Kier alpha value is -1.29. The van der Waals surface area contributed by atoms with E-state index in [9.17, 15) is 13.6 Å². The molecular weight excluding hydrogens is 248 g/mol. The molecule has 1 heterocycles. The molecule has 1 aromatic carbocycles. The van der Waals surface area contributed by atoms with Crippen molar-refractivity contribution in [2.75, 3.05) is 6.54 Å². The SMILES string of the molecule is CCCC1(C(=O)Cc2cc(F)ccc2F)CCCN1. The van der Waals surface area contributed by atoms with Crippen LogP contribution in [0.25, 0.3) is 0 Å². The number of nitrogens with one attached hydrogen (secondary N) is 1. The molecule has 0 saturated carbocycles. The molecule has 2 rings (SSSR count). The number of rotatable bonds is 5. The summed E-state index contributed by atoms with van der Waals surface area (Å²) in [5.74, 6) is -1.05. The van der Waals surface area contributed by atoms with Gasteiger partial charge in [0.25, 0.3) is 0 Å². The highest BCUT2D eigenvalue weighted by molar-refractivity contribution is 5.90. The molecule has 1 atom stereocenters. The van der Waals surface area contributed by atoms with Crippen molar-refractivity contribution in [3.8, 4) is 0 Å². The van der Waals surface area contributed by atoms with Gasteiger partial charge in [-0.3, -0.25) is 4.79 Å². The van der Waals surface area contributed by atoms with Crippen LogP contribution in [0, 0.1) is 11.6 Å². The Morgan fingerprint density at radius 1 is 1.42 bits per heavy atom. The second-order valence-corrected chi connectivity index (χ2v) is 5.20. The summed E-state index contributed by atoms with van der Waals surface area (Å²) < 4.78 is 26.7. The minimum absolute atomic E-state index is 0.0312. The molecule has 1 aromatic rings. The molecule has 1 aliphatic heterocycles. The maximum Gasteiger partial charge on any atom is 0.157 e. The molecule has 4 heteroatoms. The van der Waals surface area contributed by atoms with Crippen molar-refractivity contribution in [3.63, 3.8) is 0 Å². The first-order valence-corrected chi connectivity index (χ1v) is 6.79. The Bertz CT molecular complexity index is 467. The molecule has 1 N–H and O–H groups in total. The lowest BCUT2D eigenvalue weighted by atomic mass is 9.84. The van der Waals surface area contributed by atoms with Gasteiger partial charge in [0.15, 0.2) is 5.78 Å². The Balaban J connectivity index is 2.17. The smallest absolute Gasteiger partial charge is 0.157 e. The van der Waals surface area contributed by atoms with Gasteiger partial charge >= 0.3 is 0 Å². The van der Waals surface area contributed by atoms with E-state index in [0.29, 0.717) is 0 Å². The minimum Gasteiger partial charge on any atom is -0.305 e. The van der Waals surface area contributed by atoms with Crippen LogP contribution in [-0.4, -0.2) is 17.9 Å². The van der Waals surface area contributed by atoms with Gasteiger partial charge in [-0.2, -0.15) is 0 Å². The van der Waals surface area contributed by atoms with Crippen molar-refractivity contribution in [3.05, 3.63) is 35.4 Å². The summed E-state index contributed by atoms with van der Waals surface area (Å²) >= 11 is 0. The molecule has 0 bridgehead atoms. The van der Waals surface area contributed by atoms with Crippen LogP contribution in [0.1, 0.15) is 38.2 Å². The van der Waals surface area contributed by atoms with E-state index in [0.717, 1.165) is 50.4 Å². The van der Waals surface area contributed by atoms with E-state index in [2.05, 4.69) is 5.32 Å². The highest BCUT2D eigenvalue weighted by Gasteiger charge is 2.39. The van der Waals surface area contributed by atoms with E-state index in [1.165, 1.54) is 0 Å². The molecule has 1 saturated heterocycles. The second kappa shape index (κ2) is 5.78. The largest absolute Gasteiger partial charge is 0.305 e. The zero-order valence-electron chi connectivity index (χ0n) is 11.1. The first kappa shape index (κ1) is 14.1. The van der Waals surface area contributed by atoms with E-state index in [4.69, 9.17) is 0 Å². The molecule has 1 fully saturated rings. The predicted octanol–water partition coefficient (Wildman–Crippen LogP) is 3.00. The number of hydrogen-bond donors (Lipinski definition) is 1. The Labute approximate surface area is 112 Å². The van der Waals surface area contributed by atoms with Gasteiger partial charge in [0.1, 0.15) is 11.6 Å². The van der Waals surface area contributed by atoms with Crippen molar-refractivity contribution < 1.29 is 13.6 Å². The van der Waals surface area contributed by atoms with Crippen molar-refractivity contribution in [1.29, 1.82) is 0 Å². The highest BCUT2D eigenvalue weighted by atomic mass is 19.1. The third-order valence-corrected chi connectivity index (χ3v) is 3.81. The van der Waals surface area contributed by atoms with Crippen LogP contribution in [0.5, 0.6) is 0 Å². The van der Waals surface area contributed by atoms with Gasteiger partial charge in [-0.05, 0) is 49.6 Å².